The van der Waals surface area contributed by atoms with E-state index in [9.17, 15) is 0 Å². The molecule has 6 nitrogen and oxygen atoms in total. The molecule has 0 aromatic carbocycles. The molecule has 0 unspecified atom stereocenters. The maximum atomic E-state index is 0. The van der Waals surface area contributed by atoms with Gasteiger partial charge < -0.3 is 32.9 Å². The second-order valence-electron chi connectivity index (χ2n) is 0. The molecule has 0 aliphatic rings. The van der Waals surface area contributed by atoms with Gasteiger partial charge in [-0.25, -0.2) is 0 Å². The summed E-state index contributed by atoms with van der Waals surface area (Å²) in [4.78, 5) is 0. The summed E-state index contributed by atoms with van der Waals surface area (Å²) in [5.74, 6) is 0. The molecule has 10 heavy (non-hydrogen) atoms. The van der Waals surface area contributed by atoms with Crippen molar-refractivity contribution in [1.29, 1.82) is 0 Å². The maximum absolute atomic E-state index is 0. The van der Waals surface area contributed by atoms with Gasteiger partial charge in [0.1, 0.15) is 0 Å². The normalized spacial score (nSPS) is 0. The van der Waals surface area contributed by atoms with E-state index in [1.54, 1.807) is 0 Å². The van der Waals surface area contributed by atoms with Crippen LogP contribution in [0.3, 0.4) is 0 Å². The predicted molar refractivity (Wildman–Crippen MR) is 4.12 cm³/mol. The van der Waals surface area contributed by atoms with Crippen LogP contribution < -0.4 is 18.9 Å². The van der Waals surface area contributed by atoms with Crippen molar-refractivity contribution >= 4 is 0 Å². The van der Waals surface area contributed by atoms with Crippen molar-refractivity contribution in [2.75, 3.05) is 0 Å². The first-order valence-electron chi connectivity index (χ1n) is 0. The summed E-state index contributed by atoms with van der Waals surface area (Å²) in [6.07, 6.45) is 0. The molecule has 0 saturated carbocycles. The van der Waals surface area contributed by atoms with Crippen LogP contribution in [0.1, 0.15) is 0 Å². The second-order valence-corrected chi connectivity index (χ2v) is 0. The van der Waals surface area contributed by atoms with Gasteiger partial charge in [-0.15, -0.1) is 0 Å². The average molecular weight is 526 g/mol. The minimum Gasteiger partial charge on any atom is -2.00 e. The third kappa shape index (κ3) is 170. The largest absolute Gasteiger partial charge is 5.00 e. The molecule has 0 aromatic heterocycles. The molecule has 0 bridgehead atoms. The zero-order valence-electron chi connectivity index (χ0n) is 4.62. The van der Waals surface area contributed by atoms with Gasteiger partial charge in [-0.3, -0.25) is 0 Å². The molecule has 0 aromatic rings. The van der Waals surface area contributed by atoms with E-state index in [-0.39, 0.29) is 112 Å². The van der Waals surface area contributed by atoms with Gasteiger partial charge in [0.15, 0.2) is 0 Å². The Kier molecular flexibility index (Phi) is 6900. The second kappa shape index (κ2) is 229. The van der Waals surface area contributed by atoms with Gasteiger partial charge in [0.25, 0.3) is 0 Å². The van der Waals surface area contributed by atoms with Gasteiger partial charge >= 0.3 is 57.7 Å². The molecule has 0 fully saturated rings. The van der Waals surface area contributed by atoms with Crippen LogP contribution in [0.4, 0.5) is 0 Å². The summed E-state index contributed by atoms with van der Waals surface area (Å²) >= 11 is 0. The van der Waals surface area contributed by atoms with E-state index in [0.29, 0.717) is 0 Å². The van der Waals surface area contributed by atoms with Gasteiger partial charge in [-0.2, -0.15) is 0 Å². The number of rotatable bonds is 0. The first kappa shape index (κ1) is 301. The van der Waals surface area contributed by atoms with Crippen molar-refractivity contribution in [2.24, 2.45) is 0 Å². The Hall–Kier alpha value is 2.28. The Morgan fingerprint density at radius 2 is 0.500 bits per heavy atom. The summed E-state index contributed by atoms with van der Waals surface area (Å²) < 4.78 is 0. The fourth-order valence-electron chi connectivity index (χ4n) is 0. The predicted octanol–water partition coefficient (Wildman–Crippen LogP) is -3.72. The molecule has 0 atom stereocenters. The zero-order chi connectivity index (χ0) is 0. The molecule has 0 spiro atoms. The minimum absolute atomic E-state index is 0. The van der Waals surface area contributed by atoms with Crippen LogP contribution in [0.25, 0.3) is 0 Å². The van der Waals surface area contributed by atoms with Crippen LogP contribution >= 0.6 is 0 Å². The molecular formula is LiNiO6TaW-4. The molecule has 0 amide bonds. The standard InChI is InChI=1S/Li.Ni.6O.Ta.W/q+1;+2;6*-2;+5;. The van der Waals surface area contributed by atoms with Crippen LogP contribution in [0.2, 0.25) is 0 Å². The van der Waals surface area contributed by atoms with E-state index in [4.69, 9.17) is 0 Å². The quantitative estimate of drug-likeness (QED) is 0.283. The van der Waals surface area contributed by atoms with Crippen molar-refractivity contribution in [1.82, 2.24) is 0 Å². The van der Waals surface area contributed by atoms with Crippen molar-refractivity contribution in [3.05, 3.63) is 0 Å². The molecule has 10 heteroatoms. The average Bonchev–Trinajstić information content (AvgIpc) is 0. The van der Waals surface area contributed by atoms with E-state index < -0.39 is 0 Å². The van der Waals surface area contributed by atoms with E-state index in [0.717, 1.165) is 0 Å². The van der Waals surface area contributed by atoms with Crippen LogP contribution in [0.15, 0.2) is 0 Å². The van der Waals surface area contributed by atoms with Crippen molar-refractivity contribution in [3.8, 4) is 0 Å². The Balaban J connectivity index is 0. The molecule has 0 saturated heterocycles. The molecule has 0 N–H and O–H groups in total. The molecule has 0 radical (unpaired) electrons. The molecular weight excluding hydrogens is 526 g/mol. The summed E-state index contributed by atoms with van der Waals surface area (Å²) in [6, 6.07) is 0. The van der Waals surface area contributed by atoms with Crippen LogP contribution in [0, 0.1) is 0 Å². The van der Waals surface area contributed by atoms with Crippen LogP contribution in [0.5, 0.6) is 0 Å². The SMILES string of the molecule is [Li+].[Ni+2].[O-2].[O-2].[O-2].[O-2].[O-2].[O-2].[Ta+5].[W]. The third-order valence-corrected chi connectivity index (χ3v) is 0. The molecule has 0 heterocycles. The Morgan fingerprint density at radius 1 is 0.500 bits per heavy atom. The zero-order valence-corrected chi connectivity index (χ0v) is 11.8. The van der Waals surface area contributed by atoms with E-state index in [1.165, 1.54) is 0 Å². The van der Waals surface area contributed by atoms with Crippen molar-refractivity contribution < 1.29 is 112 Å². The monoisotopic (exact) mass is 526 g/mol. The summed E-state index contributed by atoms with van der Waals surface area (Å²) in [5.41, 5.74) is 0. The van der Waals surface area contributed by atoms with Gasteiger partial charge in [0.05, 0.1) is 0 Å². The topological polar surface area (TPSA) is 171 Å². The van der Waals surface area contributed by atoms with Gasteiger partial charge in [0.2, 0.25) is 0 Å². The minimum atomic E-state index is 0. The fourth-order valence-corrected chi connectivity index (χ4v) is 0. The van der Waals surface area contributed by atoms with Crippen LogP contribution in [-0.2, 0) is 92.8 Å². The Bertz CT molecular complexity index is 17.7. The summed E-state index contributed by atoms with van der Waals surface area (Å²) in [6.45, 7) is 0. The Morgan fingerprint density at radius 3 is 0.500 bits per heavy atom. The van der Waals surface area contributed by atoms with Crippen molar-refractivity contribution in [3.63, 3.8) is 0 Å². The Labute approximate surface area is 111 Å². The van der Waals surface area contributed by atoms with Gasteiger partial charge in [-0.05, 0) is 0 Å². The first-order valence-corrected chi connectivity index (χ1v) is 0. The maximum Gasteiger partial charge on any atom is 5.00 e. The third-order valence-electron chi connectivity index (χ3n) is 0. The van der Waals surface area contributed by atoms with Crippen molar-refractivity contribution in [2.45, 2.75) is 0 Å². The van der Waals surface area contributed by atoms with E-state index in [1.807, 2.05) is 0 Å². The molecule has 0 aliphatic heterocycles. The molecule has 0 aliphatic carbocycles. The first-order chi connectivity index (χ1) is 0. The summed E-state index contributed by atoms with van der Waals surface area (Å²) in [7, 11) is 0. The van der Waals surface area contributed by atoms with E-state index in [2.05, 4.69) is 0 Å². The van der Waals surface area contributed by atoms with Crippen LogP contribution in [-0.4, -0.2) is 0 Å². The molecule has 62 valence electrons. The van der Waals surface area contributed by atoms with Gasteiger partial charge in [0, 0.05) is 21.1 Å². The fraction of sp³-hybridized carbons (Fsp3) is 0. The van der Waals surface area contributed by atoms with E-state index >= 15 is 0 Å². The van der Waals surface area contributed by atoms with Gasteiger partial charge in [-0.1, -0.05) is 0 Å². The summed E-state index contributed by atoms with van der Waals surface area (Å²) in [5, 5.41) is 0. The molecule has 0 rings (SSSR count). The number of hydrogen-bond donors (Lipinski definition) is 0. The number of hydrogen-bond acceptors (Lipinski definition) is 0. The smallest absolute Gasteiger partial charge is 2.00 e.